The second kappa shape index (κ2) is 7.69. The molecule has 0 fully saturated rings. The van der Waals surface area contributed by atoms with Crippen molar-refractivity contribution in [3.8, 4) is 0 Å². The number of anilines is 1. The minimum absolute atomic E-state index is 0.552. The van der Waals surface area contributed by atoms with Crippen LogP contribution < -0.4 is 5.73 Å². The summed E-state index contributed by atoms with van der Waals surface area (Å²) in [4.78, 5) is 0. The van der Waals surface area contributed by atoms with Crippen molar-refractivity contribution in [3.05, 3.63) is 28.2 Å². The van der Waals surface area contributed by atoms with E-state index in [-0.39, 0.29) is 0 Å². The first-order chi connectivity index (χ1) is 8.11. The van der Waals surface area contributed by atoms with Crippen molar-refractivity contribution < 1.29 is 9.47 Å². The van der Waals surface area contributed by atoms with E-state index in [1.54, 1.807) is 0 Å². The van der Waals surface area contributed by atoms with E-state index in [1.165, 1.54) is 0 Å². The largest absolute Gasteiger partial charge is 0.398 e. The van der Waals surface area contributed by atoms with Gasteiger partial charge in [-0.15, -0.1) is 0 Å². The van der Waals surface area contributed by atoms with Gasteiger partial charge in [-0.3, -0.25) is 0 Å². The molecule has 0 saturated carbocycles. The molecule has 96 valence electrons. The zero-order valence-electron chi connectivity index (χ0n) is 10.4. The molecule has 0 atom stereocenters. The highest BCUT2D eigenvalue weighted by Gasteiger charge is 2.02. The second-order valence-electron chi connectivity index (χ2n) is 4.34. The van der Waals surface area contributed by atoms with Gasteiger partial charge < -0.3 is 15.2 Å². The van der Waals surface area contributed by atoms with Crippen LogP contribution in [0, 0.1) is 5.92 Å². The molecule has 1 aromatic rings. The lowest BCUT2D eigenvalue weighted by Crippen LogP contribution is -2.08. The predicted octanol–water partition coefficient (Wildman–Crippen LogP) is 3.22. The fraction of sp³-hybridized carbons (Fsp3) is 0.538. The van der Waals surface area contributed by atoms with Crippen molar-refractivity contribution in [2.24, 2.45) is 5.92 Å². The maximum atomic E-state index is 5.78. The summed E-state index contributed by atoms with van der Waals surface area (Å²) >= 11 is 3.45. The average Bonchev–Trinajstić information content (AvgIpc) is 2.28. The van der Waals surface area contributed by atoms with Crippen LogP contribution in [0.1, 0.15) is 19.4 Å². The van der Waals surface area contributed by atoms with Crippen molar-refractivity contribution in [1.29, 1.82) is 0 Å². The molecule has 1 aromatic carbocycles. The van der Waals surface area contributed by atoms with Crippen molar-refractivity contribution in [3.63, 3.8) is 0 Å². The van der Waals surface area contributed by atoms with Gasteiger partial charge in [-0.2, -0.15) is 0 Å². The van der Waals surface area contributed by atoms with Crippen LogP contribution >= 0.6 is 15.9 Å². The van der Waals surface area contributed by atoms with Crippen LogP contribution in [0.4, 0.5) is 5.69 Å². The highest BCUT2D eigenvalue weighted by atomic mass is 79.9. The van der Waals surface area contributed by atoms with Crippen LogP contribution in [0.3, 0.4) is 0 Å². The van der Waals surface area contributed by atoms with Crippen molar-refractivity contribution in [2.45, 2.75) is 20.5 Å². The number of rotatable bonds is 7. The van der Waals surface area contributed by atoms with Crippen LogP contribution in [0.5, 0.6) is 0 Å². The monoisotopic (exact) mass is 301 g/mol. The molecule has 2 N–H and O–H groups in total. The Labute approximate surface area is 111 Å². The summed E-state index contributed by atoms with van der Waals surface area (Å²) in [5, 5.41) is 0. The maximum Gasteiger partial charge on any atom is 0.0729 e. The highest BCUT2D eigenvalue weighted by Crippen LogP contribution is 2.24. The Hall–Kier alpha value is -0.580. The summed E-state index contributed by atoms with van der Waals surface area (Å²) in [5.41, 5.74) is 7.58. The average molecular weight is 302 g/mol. The molecule has 1 rings (SSSR count). The third-order valence-corrected chi connectivity index (χ3v) is 3.16. The molecule has 0 bridgehead atoms. The number of hydrogen-bond acceptors (Lipinski definition) is 3. The lowest BCUT2D eigenvalue weighted by Gasteiger charge is -2.09. The van der Waals surface area contributed by atoms with Gasteiger partial charge in [-0.05, 0) is 33.5 Å². The number of hydrogen-bond donors (Lipinski definition) is 1. The summed E-state index contributed by atoms with van der Waals surface area (Å²) in [6.45, 7) is 6.84. The fourth-order valence-corrected chi connectivity index (χ4v) is 1.71. The van der Waals surface area contributed by atoms with Crippen molar-refractivity contribution in [2.75, 3.05) is 25.6 Å². The Morgan fingerprint density at radius 2 is 1.94 bits per heavy atom. The predicted molar refractivity (Wildman–Crippen MR) is 73.9 cm³/mol. The standard InChI is InChI=1S/C13H20BrNO2/c1-10(2)8-16-6-7-17-9-11-4-3-5-12(15)13(11)14/h3-5,10H,6-9,15H2,1-2H3. The summed E-state index contributed by atoms with van der Waals surface area (Å²) in [5.74, 6) is 0.568. The Bertz CT molecular complexity index is 342. The molecule has 17 heavy (non-hydrogen) atoms. The Morgan fingerprint density at radius 1 is 1.24 bits per heavy atom. The van der Waals surface area contributed by atoms with Crippen LogP contribution in [0.25, 0.3) is 0 Å². The lowest BCUT2D eigenvalue weighted by atomic mass is 10.2. The zero-order chi connectivity index (χ0) is 12.7. The molecule has 0 heterocycles. The molecule has 4 heteroatoms. The smallest absolute Gasteiger partial charge is 0.0729 e. The number of halogens is 1. The van der Waals surface area contributed by atoms with E-state index in [2.05, 4.69) is 29.8 Å². The second-order valence-corrected chi connectivity index (χ2v) is 5.13. The van der Waals surface area contributed by atoms with Gasteiger partial charge in [0.05, 0.1) is 19.8 Å². The van der Waals surface area contributed by atoms with Crippen LogP contribution in [0.2, 0.25) is 0 Å². The molecule has 0 saturated heterocycles. The van der Waals surface area contributed by atoms with Gasteiger partial charge in [0.1, 0.15) is 0 Å². The lowest BCUT2D eigenvalue weighted by molar-refractivity contribution is 0.0313. The van der Waals surface area contributed by atoms with E-state index in [9.17, 15) is 0 Å². The molecular formula is C13H20BrNO2. The van der Waals surface area contributed by atoms with E-state index < -0.39 is 0 Å². The number of nitrogen functional groups attached to an aromatic ring is 1. The van der Waals surface area contributed by atoms with Gasteiger partial charge in [-0.1, -0.05) is 26.0 Å². The number of benzene rings is 1. The molecule has 3 nitrogen and oxygen atoms in total. The minimum atomic E-state index is 0.552. The van der Waals surface area contributed by atoms with E-state index in [0.29, 0.717) is 25.7 Å². The van der Waals surface area contributed by atoms with Crippen LogP contribution in [-0.4, -0.2) is 19.8 Å². The van der Waals surface area contributed by atoms with Gasteiger partial charge in [0.15, 0.2) is 0 Å². The first-order valence-electron chi connectivity index (χ1n) is 5.79. The van der Waals surface area contributed by atoms with E-state index in [0.717, 1.165) is 22.3 Å². The zero-order valence-corrected chi connectivity index (χ0v) is 12.0. The molecule has 0 unspecified atom stereocenters. The van der Waals surface area contributed by atoms with Crippen molar-refractivity contribution in [1.82, 2.24) is 0 Å². The number of nitrogens with two attached hydrogens (primary N) is 1. The summed E-state index contributed by atoms with van der Waals surface area (Å²) in [7, 11) is 0. The summed E-state index contributed by atoms with van der Waals surface area (Å²) in [6, 6.07) is 5.78. The highest BCUT2D eigenvalue weighted by molar-refractivity contribution is 9.10. The van der Waals surface area contributed by atoms with Gasteiger partial charge in [-0.25, -0.2) is 0 Å². The fourth-order valence-electron chi connectivity index (χ4n) is 1.33. The summed E-state index contributed by atoms with van der Waals surface area (Å²) in [6.07, 6.45) is 0. The quantitative estimate of drug-likeness (QED) is 0.621. The molecule has 0 radical (unpaired) electrons. The van der Waals surface area contributed by atoms with Crippen LogP contribution in [-0.2, 0) is 16.1 Å². The molecule has 0 aliphatic carbocycles. The van der Waals surface area contributed by atoms with Gasteiger partial charge in [0.25, 0.3) is 0 Å². The maximum absolute atomic E-state index is 5.78. The Morgan fingerprint density at radius 3 is 2.65 bits per heavy atom. The van der Waals surface area contributed by atoms with Gasteiger partial charge in [0, 0.05) is 16.8 Å². The molecular weight excluding hydrogens is 282 g/mol. The van der Waals surface area contributed by atoms with Crippen molar-refractivity contribution >= 4 is 21.6 Å². The minimum Gasteiger partial charge on any atom is -0.398 e. The van der Waals surface area contributed by atoms with Gasteiger partial charge in [0.2, 0.25) is 0 Å². The summed E-state index contributed by atoms with van der Waals surface area (Å²) < 4.78 is 11.9. The molecule has 0 amide bonds. The SMILES string of the molecule is CC(C)COCCOCc1cccc(N)c1Br. The van der Waals surface area contributed by atoms with E-state index >= 15 is 0 Å². The number of ether oxygens (including phenoxy) is 2. The molecule has 0 aliphatic heterocycles. The first kappa shape index (κ1) is 14.5. The first-order valence-corrected chi connectivity index (χ1v) is 6.59. The molecule has 0 aromatic heterocycles. The Balaban J connectivity index is 2.20. The third kappa shape index (κ3) is 5.52. The topological polar surface area (TPSA) is 44.5 Å². The van der Waals surface area contributed by atoms with Crippen LogP contribution in [0.15, 0.2) is 22.7 Å². The normalized spacial score (nSPS) is 11.1. The third-order valence-electron chi connectivity index (χ3n) is 2.19. The van der Waals surface area contributed by atoms with E-state index in [4.69, 9.17) is 15.2 Å². The van der Waals surface area contributed by atoms with E-state index in [1.807, 2.05) is 18.2 Å². The van der Waals surface area contributed by atoms with Gasteiger partial charge >= 0.3 is 0 Å². The molecule has 0 spiro atoms. The molecule has 0 aliphatic rings. The Kier molecular flexibility index (Phi) is 6.55.